The van der Waals surface area contributed by atoms with Crippen LogP contribution in [0.25, 0.3) is 22.0 Å². The van der Waals surface area contributed by atoms with Gasteiger partial charge in [-0.25, -0.2) is 0 Å². The molecule has 5 rings (SSSR count). The van der Waals surface area contributed by atoms with Gasteiger partial charge in [-0.05, 0) is 30.8 Å². The van der Waals surface area contributed by atoms with E-state index in [9.17, 15) is 10.1 Å². The summed E-state index contributed by atoms with van der Waals surface area (Å²) in [6.07, 6.45) is 5.56. The van der Waals surface area contributed by atoms with Crippen molar-refractivity contribution in [3.8, 4) is 17.2 Å². The molecule has 0 saturated carbocycles. The van der Waals surface area contributed by atoms with Gasteiger partial charge in [0.15, 0.2) is 0 Å². The first-order valence-corrected chi connectivity index (χ1v) is 11.4. The summed E-state index contributed by atoms with van der Waals surface area (Å²) in [7, 11) is 2.12. The van der Waals surface area contributed by atoms with Crippen molar-refractivity contribution in [1.29, 1.82) is 5.26 Å². The molecule has 1 saturated heterocycles. The van der Waals surface area contributed by atoms with Crippen molar-refractivity contribution in [3.05, 3.63) is 72.2 Å². The Labute approximate surface area is 198 Å². The molecule has 2 aromatic heterocycles. The number of anilines is 1. The number of fused-ring (bicyclic) bond motifs is 1. The zero-order valence-electron chi connectivity index (χ0n) is 19.1. The fourth-order valence-corrected chi connectivity index (χ4v) is 4.57. The summed E-state index contributed by atoms with van der Waals surface area (Å²) in [6, 6.07) is 15.5. The lowest BCUT2D eigenvalue weighted by Gasteiger charge is -2.34. The number of benzene rings is 2. The van der Waals surface area contributed by atoms with Crippen LogP contribution >= 0.6 is 0 Å². The number of piperazine rings is 1. The van der Waals surface area contributed by atoms with E-state index in [-0.39, 0.29) is 5.91 Å². The van der Waals surface area contributed by atoms with Crippen LogP contribution in [0.15, 0.2) is 61.1 Å². The highest BCUT2D eigenvalue weighted by atomic mass is 16.1. The first kappa shape index (κ1) is 21.9. The first-order valence-electron chi connectivity index (χ1n) is 11.4. The highest BCUT2D eigenvalue weighted by Gasteiger charge is 2.26. The average Bonchev–Trinajstić information content (AvgIpc) is 3.54. The second-order valence-corrected chi connectivity index (χ2v) is 8.80. The first-order chi connectivity index (χ1) is 16.6. The maximum absolute atomic E-state index is 13.7. The summed E-state index contributed by atoms with van der Waals surface area (Å²) in [5.74, 6) is -0.476. The number of nitriles is 1. The third kappa shape index (κ3) is 4.44. The lowest BCUT2D eigenvalue weighted by atomic mass is 9.95. The number of aromatic nitrogens is 3. The van der Waals surface area contributed by atoms with E-state index < -0.39 is 5.92 Å². The van der Waals surface area contributed by atoms with Crippen LogP contribution in [-0.2, 0) is 4.79 Å². The minimum absolute atomic E-state index is 0.0824. The van der Waals surface area contributed by atoms with E-state index in [1.165, 1.54) is 0 Å². The smallest absolute Gasteiger partial charge is 0.233 e. The number of H-pyrrole nitrogens is 2. The minimum atomic E-state index is -0.393. The Morgan fingerprint density at radius 1 is 1.18 bits per heavy atom. The maximum Gasteiger partial charge on any atom is 0.233 e. The second kappa shape index (κ2) is 9.51. The van der Waals surface area contributed by atoms with E-state index in [2.05, 4.69) is 43.4 Å². The number of para-hydroxylation sites is 1. The SMILES string of the molecule is CN1CCN(CC(C(=O)Nc2cccc3c(-c4cn[nH]c4)c[nH]c23)c2cccc(C#N)c2)CC1. The lowest BCUT2D eigenvalue weighted by Crippen LogP contribution is -2.47. The Kier molecular flexibility index (Phi) is 6.12. The van der Waals surface area contributed by atoms with Crippen molar-refractivity contribution in [3.63, 3.8) is 0 Å². The molecule has 1 atom stereocenters. The molecule has 8 heteroatoms. The normalized spacial score (nSPS) is 15.8. The molecule has 1 fully saturated rings. The second-order valence-electron chi connectivity index (χ2n) is 8.80. The fourth-order valence-electron chi connectivity index (χ4n) is 4.57. The Morgan fingerprint density at radius 3 is 2.76 bits per heavy atom. The van der Waals surface area contributed by atoms with Crippen molar-refractivity contribution >= 4 is 22.5 Å². The molecule has 0 spiro atoms. The van der Waals surface area contributed by atoms with Gasteiger partial charge in [0.2, 0.25) is 5.91 Å². The monoisotopic (exact) mass is 453 g/mol. The number of hydrogen-bond acceptors (Lipinski definition) is 5. The van der Waals surface area contributed by atoms with Crippen LogP contribution in [0.4, 0.5) is 5.69 Å². The van der Waals surface area contributed by atoms with Crippen LogP contribution in [0, 0.1) is 11.3 Å². The average molecular weight is 454 g/mol. The summed E-state index contributed by atoms with van der Waals surface area (Å²) in [4.78, 5) is 21.6. The summed E-state index contributed by atoms with van der Waals surface area (Å²) in [5.41, 5.74) is 5.03. The minimum Gasteiger partial charge on any atom is -0.359 e. The quantitative estimate of drug-likeness (QED) is 0.415. The van der Waals surface area contributed by atoms with Crippen molar-refractivity contribution in [2.24, 2.45) is 0 Å². The van der Waals surface area contributed by atoms with Gasteiger partial charge in [-0.2, -0.15) is 10.4 Å². The molecule has 1 aliphatic rings. The summed E-state index contributed by atoms with van der Waals surface area (Å²) < 4.78 is 0. The van der Waals surface area contributed by atoms with Gasteiger partial charge < -0.3 is 15.2 Å². The van der Waals surface area contributed by atoms with E-state index >= 15 is 0 Å². The van der Waals surface area contributed by atoms with Gasteiger partial charge in [-0.1, -0.05) is 24.3 Å². The highest BCUT2D eigenvalue weighted by Crippen LogP contribution is 2.32. The Morgan fingerprint density at radius 2 is 2.00 bits per heavy atom. The van der Waals surface area contributed by atoms with E-state index in [1.54, 1.807) is 12.3 Å². The molecule has 3 heterocycles. The predicted molar refractivity (Wildman–Crippen MR) is 132 cm³/mol. The third-order valence-electron chi connectivity index (χ3n) is 6.55. The number of hydrogen-bond donors (Lipinski definition) is 3. The molecular formula is C26H27N7O. The zero-order chi connectivity index (χ0) is 23.5. The predicted octanol–water partition coefficient (Wildman–Crippen LogP) is 3.40. The zero-order valence-corrected chi connectivity index (χ0v) is 19.1. The molecule has 8 nitrogen and oxygen atoms in total. The van der Waals surface area contributed by atoms with Gasteiger partial charge in [0, 0.05) is 61.6 Å². The molecule has 0 radical (unpaired) electrons. The van der Waals surface area contributed by atoms with Crippen molar-refractivity contribution < 1.29 is 4.79 Å². The van der Waals surface area contributed by atoms with Crippen LogP contribution in [0.2, 0.25) is 0 Å². The molecule has 1 unspecified atom stereocenters. The Hall–Kier alpha value is -3.93. The molecule has 0 bridgehead atoms. The molecule has 2 aromatic carbocycles. The van der Waals surface area contributed by atoms with E-state index in [0.717, 1.165) is 59.5 Å². The van der Waals surface area contributed by atoms with Crippen molar-refractivity contribution in [2.45, 2.75) is 5.92 Å². The lowest BCUT2D eigenvalue weighted by molar-refractivity contribution is -0.118. The number of amides is 1. The van der Waals surface area contributed by atoms with Crippen LogP contribution < -0.4 is 5.32 Å². The van der Waals surface area contributed by atoms with E-state index in [0.29, 0.717) is 12.1 Å². The molecule has 172 valence electrons. The number of carbonyl (C=O) groups is 1. The number of nitrogens with one attached hydrogen (secondary N) is 3. The van der Waals surface area contributed by atoms with Gasteiger partial charge >= 0.3 is 0 Å². The molecule has 34 heavy (non-hydrogen) atoms. The summed E-state index contributed by atoms with van der Waals surface area (Å²) >= 11 is 0. The fraction of sp³-hybridized carbons (Fsp3) is 0.269. The molecule has 1 aliphatic heterocycles. The number of likely N-dealkylation sites (N-methyl/N-ethyl adjacent to an activating group) is 1. The standard InChI is InChI=1S/C26H27N7O/c1-32-8-10-33(11-9-32)17-23(19-5-2-4-18(12-19)13-27)26(34)31-24-7-3-6-21-22(16-28-25(21)24)20-14-29-30-15-20/h2-7,12,14-16,23,28H,8-11,17H2,1H3,(H,29,30)(H,31,34). The van der Waals surface area contributed by atoms with Gasteiger partial charge in [-0.3, -0.25) is 14.8 Å². The molecule has 3 N–H and O–H groups in total. The Bertz CT molecular complexity index is 1330. The van der Waals surface area contributed by atoms with Crippen molar-refractivity contribution in [2.75, 3.05) is 45.1 Å². The van der Waals surface area contributed by atoms with Crippen LogP contribution in [0.3, 0.4) is 0 Å². The number of aromatic amines is 2. The largest absolute Gasteiger partial charge is 0.359 e. The van der Waals surface area contributed by atoms with Gasteiger partial charge in [-0.15, -0.1) is 0 Å². The molecule has 4 aromatic rings. The molecule has 1 amide bonds. The summed E-state index contributed by atoms with van der Waals surface area (Å²) in [5, 5.41) is 20.5. The topological polar surface area (TPSA) is 104 Å². The Balaban J connectivity index is 1.44. The van der Waals surface area contributed by atoms with Crippen LogP contribution in [0.1, 0.15) is 17.0 Å². The van der Waals surface area contributed by atoms with E-state index in [1.807, 2.05) is 48.8 Å². The van der Waals surface area contributed by atoms with Gasteiger partial charge in [0.1, 0.15) is 0 Å². The summed E-state index contributed by atoms with van der Waals surface area (Å²) in [6.45, 7) is 4.39. The van der Waals surface area contributed by atoms with Crippen LogP contribution in [0.5, 0.6) is 0 Å². The molecular weight excluding hydrogens is 426 g/mol. The van der Waals surface area contributed by atoms with E-state index in [4.69, 9.17) is 0 Å². The maximum atomic E-state index is 13.7. The third-order valence-corrected chi connectivity index (χ3v) is 6.55. The number of nitrogens with zero attached hydrogens (tertiary/aromatic N) is 4. The van der Waals surface area contributed by atoms with Crippen LogP contribution in [-0.4, -0.2) is 70.7 Å². The number of rotatable bonds is 6. The van der Waals surface area contributed by atoms with Gasteiger partial charge in [0.05, 0.1) is 35.0 Å². The van der Waals surface area contributed by atoms with Gasteiger partial charge in [0.25, 0.3) is 0 Å². The van der Waals surface area contributed by atoms with Crippen molar-refractivity contribution in [1.82, 2.24) is 25.0 Å². The highest BCUT2D eigenvalue weighted by molar-refractivity contribution is 6.07. The number of carbonyl (C=O) groups excluding carboxylic acids is 1. The molecule has 0 aliphatic carbocycles.